The minimum absolute atomic E-state index is 0.145. The number of halogens is 3. The molecule has 0 aliphatic heterocycles. The number of aromatic nitrogens is 2. The molecule has 2 rings (SSSR count). The number of benzene rings is 1. The maximum Gasteiger partial charge on any atom is 0.416 e. The standard InChI is InChI=1S/C17H19F3N4O/c1-3-4-9-21-15-10-14(22-11(2)23-15)16(25)24-13-7-5-12(6-8-13)17(18,19)20/h5-8,10H,3-4,9H2,1-2H3,(H,24,25)(H,21,22,23). The lowest BCUT2D eigenvalue weighted by atomic mass is 10.2. The number of carbonyl (C=O) groups excluding carboxylic acids is 1. The third-order valence-electron chi connectivity index (χ3n) is 3.38. The van der Waals surface area contributed by atoms with Crippen LogP contribution in [0.5, 0.6) is 0 Å². The number of unbranched alkanes of at least 4 members (excludes halogenated alkanes) is 1. The number of nitrogens with zero attached hydrogens (tertiary/aromatic N) is 2. The first-order valence-corrected chi connectivity index (χ1v) is 7.87. The van der Waals surface area contributed by atoms with Crippen molar-refractivity contribution in [3.05, 3.63) is 47.4 Å². The molecular formula is C17H19F3N4O. The van der Waals surface area contributed by atoms with E-state index in [-0.39, 0.29) is 11.4 Å². The lowest BCUT2D eigenvalue weighted by Crippen LogP contribution is -2.16. The summed E-state index contributed by atoms with van der Waals surface area (Å²) in [6, 6.07) is 5.75. The van der Waals surface area contributed by atoms with Crippen LogP contribution in [0, 0.1) is 6.92 Å². The lowest BCUT2D eigenvalue weighted by molar-refractivity contribution is -0.137. The number of amides is 1. The highest BCUT2D eigenvalue weighted by molar-refractivity contribution is 6.03. The number of nitrogens with one attached hydrogen (secondary N) is 2. The first kappa shape index (κ1) is 18.7. The zero-order valence-corrected chi connectivity index (χ0v) is 13.9. The first-order chi connectivity index (χ1) is 11.8. The Balaban J connectivity index is 2.09. The van der Waals surface area contributed by atoms with E-state index in [0.29, 0.717) is 11.6 Å². The van der Waals surface area contributed by atoms with Gasteiger partial charge in [-0.2, -0.15) is 13.2 Å². The average molecular weight is 352 g/mol. The molecule has 0 spiro atoms. The van der Waals surface area contributed by atoms with Crippen LogP contribution in [-0.2, 0) is 6.18 Å². The van der Waals surface area contributed by atoms with Crippen LogP contribution >= 0.6 is 0 Å². The monoisotopic (exact) mass is 352 g/mol. The van der Waals surface area contributed by atoms with Crippen LogP contribution in [0.25, 0.3) is 0 Å². The topological polar surface area (TPSA) is 66.9 Å². The Labute approximate surface area is 143 Å². The fraction of sp³-hybridized carbons (Fsp3) is 0.353. The van der Waals surface area contributed by atoms with E-state index in [1.807, 2.05) is 0 Å². The SMILES string of the molecule is CCCCNc1cc(C(=O)Nc2ccc(C(F)(F)F)cc2)nc(C)n1. The van der Waals surface area contributed by atoms with E-state index >= 15 is 0 Å². The van der Waals surface area contributed by atoms with E-state index in [9.17, 15) is 18.0 Å². The molecule has 134 valence electrons. The summed E-state index contributed by atoms with van der Waals surface area (Å²) in [4.78, 5) is 20.6. The molecule has 0 saturated heterocycles. The van der Waals surface area contributed by atoms with Crippen molar-refractivity contribution in [1.29, 1.82) is 0 Å². The second-order valence-electron chi connectivity index (χ2n) is 5.50. The summed E-state index contributed by atoms with van der Waals surface area (Å²) in [6.45, 7) is 4.46. The number of aryl methyl sites for hydroxylation is 1. The van der Waals surface area contributed by atoms with Crippen LogP contribution in [0.4, 0.5) is 24.7 Å². The molecule has 0 fully saturated rings. The smallest absolute Gasteiger partial charge is 0.370 e. The maximum atomic E-state index is 12.6. The van der Waals surface area contributed by atoms with Gasteiger partial charge in [-0.15, -0.1) is 0 Å². The van der Waals surface area contributed by atoms with Crippen molar-refractivity contribution in [2.24, 2.45) is 0 Å². The predicted octanol–water partition coefficient (Wildman–Crippen LogP) is 4.27. The van der Waals surface area contributed by atoms with Crippen LogP contribution in [0.1, 0.15) is 41.6 Å². The maximum absolute atomic E-state index is 12.6. The molecule has 0 atom stereocenters. The summed E-state index contributed by atoms with van der Waals surface area (Å²) in [5.74, 6) is 0.460. The molecule has 0 saturated carbocycles. The minimum atomic E-state index is -4.41. The second-order valence-corrected chi connectivity index (χ2v) is 5.50. The average Bonchev–Trinajstić information content (AvgIpc) is 2.54. The van der Waals surface area contributed by atoms with Gasteiger partial charge in [0.05, 0.1) is 5.56 Å². The highest BCUT2D eigenvalue weighted by Gasteiger charge is 2.30. The van der Waals surface area contributed by atoms with E-state index < -0.39 is 17.6 Å². The Bertz CT molecular complexity index is 730. The summed E-state index contributed by atoms with van der Waals surface area (Å²) in [6.07, 6.45) is -2.42. The van der Waals surface area contributed by atoms with Gasteiger partial charge in [-0.25, -0.2) is 9.97 Å². The Morgan fingerprint density at radius 3 is 2.44 bits per heavy atom. The fourth-order valence-electron chi connectivity index (χ4n) is 2.11. The molecule has 0 bridgehead atoms. The molecule has 25 heavy (non-hydrogen) atoms. The Hall–Kier alpha value is -2.64. The van der Waals surface area contributed by atoms with Crippen LogP contribution < -0.4 is 10.6 Å². The molecule has 0 aliphatic carbocycles. The Morgan fingerprint density at radius 1 is 1.16 bits per heavy atom. The Morgan fingerprint density at radius 2 is 1.84 bits per heavy atom. The van der Waals surface area contributed by atoms with Gasteiger partial charge in [0.15, 0.2) is 0 Å². The molecule has 1 amide bonds. The van der Waals surface area contributed by atoms with Crippen molar-refractivity contribution >= 4 is 17.4 Å². The zero-order valence-electron chi connectivity index (χ0n) is 13.9. The molecule has 0 unspecified atom stereocenters. The van der Waals surface area contributed by atoms with Gasteiger partial charge in [-0.3, -0.25) is 4.79 Å². The van der Waals surface area contributed by atoms with Crippen molar-refractivity contribution in [2.75, 3.05) is 17.2 Å². The summed E-state index contributed by atoms with van der Waals surface area (Å²) in [7, 11) is 0. The first-order valence-electron chi connectivity index (χ1n) is 7.87. The van der Waals surface area contributed by atoms with Gasteiger partial charge in [-0.05, 0) is 37.6 Å². The number of anilines is 2. The summed E-state index contributed by atoms with van der Waals surface area (Å²) < 4.78 is 37.7. The molecule has 8 heteroatoms. The number of hydrogen-bond acceptors (Lipinski definition) is 4. The highest BCUT2D eigenvalue weighted by atomic mass is 19.4. The number of hydrogen-bond donors (Lipinski definition) is 2. The van der Waals surface area contributed by atoms with Gasteiger partial charge in [0.1, 0.15) is 17.3 Å². The van der Waals surface area contributed by atoms with Gasteiger partial charge in [0.2, 0.25) is 0 Å². The molecule has 1 aromatic heterocycles. The minimum Gasteiger partial charge on any atom is -0.370 e. The quantitative estimate of drug-likeness (QED) is 0.762. The molecular weight excluding hydrogens is 333 g/mol. The predicted molar refractivity (Wildman–Crippen MR) is 89.6 cm³/mol. The van der Waals surface area contributed by atoms with Crippen LogP contribution in [0.3, 0.4) is 0 Å². The zero-order chi connectivity index (χ0) is 18.4. The van der Waals surface area contributed by atoms with Crippen LogP contribution in [0.2, 0.25) is 0 Å². The Kier molecular flexibility index (Phi) is 5.95. The van der Waals surface area contributed by atoms with Gasteiger partial charge in [0.25, 0.3) is 5.91 Å². The molecule has 5 nitrogen and oxygen atoms in total. The third-order valence-corrected chi connectivity index (χ3v) is 3.38. The fourth-order valence-corrected chi connectivity index (χ4v) is 2.11. The van der Waals surface area contributed by atoms with E-state index in [2.05, 4.69) is 27.5 Å². The molecule has 2 N–H and O–H groups in total. The molecule has 1 aromatic carbocycles. The van der Waals surface area contributed by atoms with Crippen LogP contribution in [-0.4, -0.2) is 22.4 Å². The lowest BCUT2D eigenvalue weighted by Gasteiger charge is -2.10. The number of carbonyl (C=O) groups is 1. The third kappa shape index (κ3) is 5.44. The highest BCUT2D eigenvalue weighted by Crippen LogP contribution is 2.29. The molecule has 0 radical (unpaired) electrons. The van der Waals surface area contributed by atoms with Gasteiger partial charge < -0.3 is 10.6 Å². The van der Waals surface area contributed by atoms with E-state index in [1.165, 1.54) is 18.2 Å². The van der Waals surface area contributed by atoms with E-state index in [0.717, 1.165) is 31.5 Å². The second kappa shape index (κ2) is 7.96. The van der Waals surface area contributed by atoms with Gasteiger partial charge >= 0.3 is 6.18 Å². The van der Waals surface area contributed by atoms with Crippen molar-refractivity contribution in [3.63, 3.8) is 0 Å². The summed E-state index contributed by atoms with van der Waals surface area (Å²) >= 11 is 0. The van der Waals surface area contributed by atoms with Gasteiger partial charge in [-0.1, -0.05) is 13.3 Å². The van der Waals surface area contributed by atoms with E-state index in [1.54, 1.807) is 6.92 Å². The normalized spacial score (nSPS) is 11.2. The van der Waals surface area contributed by atoms with E-state index in [4.69, 9.17) is 0 Å². The largest absolute Gasteiger partial charge is 0.416 e. The summed E-state index contributed by atoms with van der Waals surface area (Å²) in [5.41, 5.74) is -0.369. The summed E-state index contributed by atoms with van der Waals surface area (Å²) in [5, 5.41) is 5.65. The molecule has 2 aromatic rings. The van der Waals surface area contributed by atoms with Gasteiger partial charge in [0, 0.05) is 18.3 Å². The van der Waals surface area contributed by atoms with Crippen molar-refractivity contribution in [2.45, 2.75) is 32.9 Å². The van der Waals surface area contributed by atoms with Crippen LogP contribution in [0.15, 0.2) is 30.3 Å². The number of rotatable bonds is 6. The molecule has 0 aliphatic rings. The van der Waals surface area contributed by atoms with Crippen molar-refractivity contribution < 1.29 is 18.0 Å². The van der Waals surface area contributed by atoms with Crippen molar-refractivity contribution in [1.82, 2.24) is 9.97 Å². The molecule has 1 heterocycles. The van der Waals surface area contributed by atoms with Crippen molar-refractivity contribution in [3.8, 4) is 0 Å². The number of alkyl halides is 3.